The van der Waals surface area contributed by atoms with Crippen molar-refractivity contribution in [1.82, 2.24) is 20.0 Å². The standard InChI is InChI=1S/C19H24N4O3/c1-14-10-17(22(2)21-14)19(25)20-11-16-12-23(18(24)13-26-16)9-8-15-6-4-3-5-7-15/h3-7,10,16H,8-9,11-13H2,1-2H3,(H,20,25). The largest absolute Gasteiger partial charge is 0.365 e. The number of benzene rings is 1. The SMILES string of the molecule is Cc1cc(C(=O)NCC2CN(CCc3ccccc3)C(=O)CO2)n(C)n1. The monoisotopic (exact) mass is 356 g/mol. The molecule has 1 fully saturated rings. The normalized spacial score (nSPS) is 17.4. The summed E-state index contributed by atoms with van der Waals surface area (Å²) < 4.78 is 7.12. The van der Waals surface area contributed by atoms with Gasteiger partial charge in [-0.1, -0.05) is 30.3 Å². The van der Waals surface area contributed by atoms with E-state index in [0.29, 0.717) is 25.3 Å². The number of carbonyl (C=O) groups is 2. The highest BCUT2D eigenvalue weighted by Crippen LogP contribution is 2.09. The maximum atomic E-state index is 12.3. The molecular formula is C19H24N4O3. The van der Waals surface area contributed by atoms with Gasteiger partial charge in [-0.3, -0.25) is 14.3 Å². The third-order valence-electron chi connectivity index (χ3n) is 4.46. The highest BCUT2D eigenvalue weighted by Gasteiger charge is 2.26. The predicted molar refractivity (Wildman–Crippen MR) is 96.7 cm³/mol. The molecule has 7 nitrogen and oxygen atoms in total. The Balaban J connectivity index is 1.50. The summed E-state index contributed by atoms with van der Waals surface area (Å²) in [5.41, 5.74) is 2.50. The lowest BCUT2D eigenvalue weighted by molar-refractivity contribution is -0.148. The van der Waals surface area contributed by atoms with Crippen molar-refractivity contribution in [3.8, 4) is 0 Å². The number of amides is 2. The average Bonchev–Trinajstić information content (AvgIpc) is 2.99. The summed E-state index contributed by atoms with van der Waals surface area (Å²) in [5.74, 6) is -0.199. The Morgan fingerprint density at radius 3 is 2.81 bits per heavy atom. The van der Waals surface area contributed by atoms with Crippen LogP contribution >= 0.6 is 0 Å². The number of carbonyl (C=O) groups excluding carboxylic acids is 2. The molecule has 1 aliphatic heterocycles. The Labute approximate surface area is 152 Å². The fraction of sp³-hybridized carbons (Fsp3) is 0.421. The highest BCUT2D eigenvalue weighted by atomic mass is 16.5. The van der Waals surface area contributed by atoms with E-state index in [1.807, 2.05) is 30.0 Å². The molecule has 1 N–H and O–H groups in total. The number of nitrogens with zero attached hydrogens (tertiary/aromatic N) is 3. The first-order valence-corrected chi connectivity index (χ1v) is 8.75. The van der Waals surface area contributed by atoms with Gasteiger partial charge in [0.2, 0.25) is 5.91 Å². The van der Waals surface area contributed by atoms with Crippen LogP contribution in [0.2, 0.25) is 0 Å². The van der Waals surface area contributed by atoms with Gasteiger partial charge in [0.15, 0.2) is 0 Å². The minimum Gasteiger partial charge on any atom is -0.365 e. The molecule has 2 amide bonds. The molecule has 1 aromatic heterocycles. The summed E-state index contributed by atoms with van der Waals surface area (Å²) in [6, 6.07) is 11.8. The van der Waals surface area contributed by atoms with Crippen molar-refractivity contribution in [2.45, 2.75) is 19.4 Å². The molecule has 3 rings (SSSR count). The molecule has 26 heavy (non-hydrogen) atoms. The van der Waals surface area contributed by atoms with Crippen LogP contribution in [0.4, 0.5) is 0 Å². The number of aryl methyl sites for hydroxylation is 2. The zero-order chi connectivity index (χ0) is 18.5. The minimum absolute atomic E-state index is 0.00855. The summed E-state index contributed by atoms with van der Waals surface area (Å²) in [5, 5.41) is 7.04. The zero-order valence-corrected chi connectivity index (χ0v) is 15.1. The van der Waals surface area contributed by atoms with Gasteiger partial charge in [-0.15, -0.1) is 0 Å². The fourth-order valence-electron chi connectivity index (χ4n) is 3.05. The Bertz CT molecular complexity index is 772. The molecule has 1 aromatic carbocycles. The van der Waals surface area contributed by atoms with Crippen molar-refractivity contribution in [2.24, 2.45) is 7.05 Å². The zero-order valence-electron chi connectivity index (χ0n) is 15.1. The maximum absolute atomic E-state index is 12.3. The van der Waals surface area contributed by atoms with Crippen LogP contribution in [0.25, 0.3) is 0 Å². The quantitative estimate of drug-likeness (QED) is 0.835. The third-order valence-corrected chi connectivity index (χ3v) is 4.46. The van der Waals surface area contributed by atoms with Gasteiger partial charge in [0.05, 0.1) is 11.8 Å². The van der Waals surface area contributed by atoms with Gasteiger partial charge in [-0.2, -0.15) is 5.10 Å². The summed E-state index contributed by atoms with van der Waals surface area (Å²) >= 11 is 0. The molecule has 1 unspecified atom stereocenters. The number of hydrogen-bond donors (Lipinski definition) is 1. The van der Waals surface area contributed by atoms with Gasteiger partial charge < -0.3 is 15.0 Å². The Hall–Kier alpha value is -2.67. The second-order valence-electron chi connectivity index (χ2n) is 6.51. The van der Waals surface area contributed by atoms with Gasteiger partial charge in [-0.05, 0) is 25.0 Å². The Morgan fingerprint density at radius 1 is 1.35 bits per heavy atom. The van der Waals surface area contributed by atoms with E-state index in [2.05, 4.69) is 22.5 Å². The average molecular weight is 356 g/mol. The number of morpholine rings is 1. The van der Waals surface area contributed by atoms with Gasteiger partial charge in [0.1, 0.15) is 12.3 Å². The van der Waals surface area contributed by atoms with Crippen LogP contribution in [0.5, 0.6) is 0 Å². The predicted octanol–water partition coefficient (Wildman–Crippen LogP) is 0.928. The molecule has 0 bridgehead atoms. The van der Waals surface area contributed by atoms with Crippen molar-refractivity contribution in [3.05, 3.63) is 53.3 Å². The third kappa shape index (κ3) is 4.49. The highest BCUT2D eigenvalue weighted by molar-refractivity contribution is 5.92. The maximum Gasteiger partial charge on any atom is 0.269 e. The van der Waals surface area contributed by atoms with E-state index in [0.717, 1.165) is 12.1 Å². The van der Waals surface area contributed by atoms with Crippen molar-refractivity contribution < 1.29 is 14.3 Å². The lowest BCUT2D eigenvalue weighted by atomic mass is 10.1. The van der Waals surface area contributed by atoms with Crippen LogP contribution < -0.4 is 5.32 Å². The smallest absolute Gasteiger partial charge is 0.269 e. The second kappa shape index (κ2) is 8.14. The molecule has 1 saturated heterocycles. The van der Waals surface area contributed by atoms with E-state index in [1.165, 1.54) is 5.56 Å². The van der Waals surface area contributed by atoms with Gasteiger partial charge >= 0.3 is 0 Å². The number of rotatable bonds is 6. The molecule has 0 saturated carbocycles. The minimum atomic E-state index is -0.207. The summed E-state index contributed by atoms with van der Waals surface area (Å²) in [6.45, 7) is 3.39. The molecule has 2 heterocycles. The van der Waals surface area contributed by atoms with Crippen LogP contribution in [0, 0.1) is 6.92 Å². The number of nitrogens with one attached hydrogen (secondary N) is 1. The number of ether oxygens (including phenoxy) is 1. The van der Waals surface area contributed by atoms with Gasteiger partial charge in [-0.25, -0.2) is 0 Å². The van der Waals surface area contributed by atoms with E-state index in [1.54, 1.807) is 17.8 Å². The van der Waals surface area contributed by atoms with Crippen molar-refractivity contribution in [3.63, 3.8) is 0 Å². The first kappa shape index (κ1) is 18.1. The molecule has 7 heteroatoms. The van der Waals surface area contributed by atoms with Crippen molar-refractivity contribution >= 4 is 11.8 Å². The lowest BCUT2D eigenvalue weighted by Crippen LogP contribution is -2.51. The van der Waals surface area contributed by atoms with Crippen LogP contribution in [-0.2, 0) is 23.0 Å². The van der Waals surface area contributed by atoms with E-state index in [9.17, 15) is 9.59 Å². The van der Waals surface area contributed by atoms with Crippen LogP contribution in [0.15, 0.2) is 36.4 Å². The Morgan fingerprint density at radius 2 is 2.12 bits per heavy atom. The summed E-state index contributed by atoms with van der Waals surface area (Å²) in [7, 11) is 1.74. The fourth-order valence-corrected chi connectivity index (χ4v) is 3.05. The van der Waals surface area contributed by atoms with Crippen molar-refractivity contribution in [1.29, 1.82) is 0 Å². The van der Waals surface area contributed by atoms with E-state index < -0.39 is 0 Å². The van der Waals surface area contributed by atoms with Crippen LogP contribution in [-0.4, -0.2) is 58.8 Å². The van der Waals surface area contributed by atoms with Crippen molar-refractivity contribution in [2.75, 3.05) is 26.2 Å². The molecule has 138 valence electrons. The number of aromatic nitrogens is 2. The molecule has 2 aromatic rings. The van der Waals surface area contributed by atoms with E-state index in [-0.39, 0.29) is 24.5 Å². The molecule has 0 aliphatic carbocycles. The van der Waals surface area contributed by atoms with Gasteiger partial charge in [0, 0.05) is 26.7 Å². The first-order chi connectivity index (χ1) is 12.5. The van der Waals surface area contributed by atoms with Gasteiger partial charge in [0.25, 0.3) is 5.91 Å². The van der Waals surface area contributed by atoms with Crippen LogP contribution in [0.3, 0.4) is 0 Å². The summed E-state index contributed by atoms with van der Waals surface area (Å²) in [4.78, 5) is 26.1. The molecule has 0 spiro atoms. The molecule has 1 aliphatic rings. The molecule has 0 radical (unpaired) electrons. The molecule has 1 atom stereocenters. The summed E-state index contributed by atoms with van der Waals surface area (Å²) in [6.07, 6.45) is 0.599. The second-order valence-corrected chi connectivity index (χ2v) is 6.51. The first-order valence-electron chi connectivity index (χ1n) is 8.75. The van der Waals surface area contributed by atoms with Crippen LogP contribution in [0.1, 0.15) is 21.7 Å². The van der Waals surface area contributed by atoms with E-state index >= 15 is 0 Å². The Kier molecular flexibility index (Phi) is 5.68. The topological polar surface area (TPSA) is 76.5 Å². The van der Waals surface area contributed by atoms with E-state index in [4.69, 9.17) is 4.74 Å². The number of hydrogen-bond acceptors (Lipinski definition) is 4. The molecular weight excluding hydrogens is 332 g/mol. The lowest BCUT2D eigenvalue weighted by Gasteiger charge is -2.33.